The molecule has 4 nitrogen and oxygen atoms in total. The molecule has 0 radical (unpaired) electrons. The molecule has 20 heavy (non-hydrogen) atoms. The maximum atomic E-state index is 11.5. The molecule has 1 heterocycles. The number of nitrogens with zero attached hydrogens (tertiary/aromatic N) is 1. The first-order chi connectivity index (χ1) is 9.49. The van der Waals surface area contributed by atoms with Gasteiger partial charge in [0.25, 0.3) is 0 Å². The fourth-order valence-corrected chi connectivity index (χ4v) is 2.53. The van der Waals surface area contributed by atoms with Crippen molar-refractivity contribution >= 4 is 5.78 Å². The van der Waals surface area contributed by atoms with Gasteiger partial charge in [-0.05, 0) is 51.0 Å². The quantitative estimate of drug-likeness (QED) is 0.793. The van der Waals surface area contributed by atoms with Crippen LogP contribution in [0, 0.1) is 13.8 Å². The number of ether oxygens (including phenoxy) is 2. The van der Waals surface area contributed by atoms with E-state index in [4.69, 9.17) is 9.47 Å². The van der Waals surface area contributed by atoms with Crippen molar-refractivity contribution in [1.82, 2.24) is 4.90 Å². The van der Waals surface area contributed by atoms with Crippen LogP contribution in [-0.2, 0) is 4.74 Å². The number of morpholine rings is 1. The topological polar surface area (TPSA) is 38.8 Å². The smallest absolute Gasteiger partial charge is 0.159 e. The molecule has 0 saturated carbocycles. The molecule has 4 heteroatoms. The Hall–Kier alpha value is -1.39. The van der Waals surface area contributed by atoms with E-state index in [1.807, 2.05) is 26.0 Å². The second-order valence-corrected chi connectivity index (χ2v) is 5.36. The number of benzene rings is 1. The Morgan fingerprint density at radius 3 is 2.30 bits per heavy atom. The number of hydrogen-bond donors (Lipinski definition) is 0. The van der Waals surface area contributed by atoms with Crippen LogP contribution in [0.1, 0.15) is 35.3 Å². The van der Waals surface area contributed by atoms with E-state index < -0.39 is 0 Å². The summed E-state index contributed by atoms with van der Waals surface area (Å²) in [6.07, 6.45) is 0.0134. The highest BCUT2D eigenvalue weighted by Crippen LogP contribution is 2.26. The summed E-state index contributed by atoms with van der Waals surface area (Å²) < 4.78 is 11.5. The molecule has 1 aromatic carbocycles. The zero-order valence-electron chi connectivity index (χ0n) is 12.7. The van der Waals surface area contributed by atoms with Crippen molar-refractivity contribution in [1.29, 1.82) is 0 Å². The summed E-state index contributed by atoms with van der Waals surface area (Å²) in [5, 5.41) is 0. The van der Waals surface area contributed by atoms with Gasteiger partial charge in [0.1, 0.15) is 12.0 Å². The number of Topliss-reactive ketones (excluding diaryl/α,β-unsaturated/α-hetero) is 1. The molecule has 110 valence electrons. The molecule has 1 fully saturated rings. The van der Waals surface area contributed by atoms with E-state index in [-0.39, 0.29) is 12.0 Å². The van der Waals surface area contributed by atoms with Gasteiger partial charge in [-0.1, -0.05) is 0 Å². The molecule has 1 aliphatic heterocycles. The van der Waals surface area contributed by atoms with E-state index in [1.165, 1.54) is 0 Å². The lowest BCUT2D eigenvalue weighted by molar-refractivity contribution is -0.0377. The summed E-state index contributed by atoms with van der Waals surface area (Å²) in [4.78, 5) is 13.7. The average Bonchev–Trinajstić information content (AvgIpc) is 2.43. The summed E-state index contributed by atoms with van der Waals surface area (Å²) >= 11 is 0. The third-order valence-corrected chi connectivity index (χ3v) is 3.72. The van der Waals surface area contributed by atoms with Crippen molar-refractivity contribution < 1.29 is 14.3 Å². The maximum absolute atomic E-state index is 11.5. The fraction of sp³-hybridized carbons (Fsp3) is 0.562. The van der Waals surface area contributed by atoms with Crippen molar-refractivity contribution in [3.8, 4) is 5.75 Å². The van der Waals surface area contributed by atoms with Gasteiger partial charge in [0.2, 0.25) is 0 Å². The molecule has 0 aromatic heterocycles. The second kappa shape index (κ2) is 6.37. The van der Waals surface area contributed by atoms with Crippen LogP contribution in [0.5, 0.6) is 5.75 Å². The van der Waals surface area contributed by atoms with Crippen molar-refractivity contribution in [2.75, 3.05) is 26.3 Å². The van der Waals surface area contributed by atoms with Crippen LogP contribution in [-0.4, -0.2) is 43.2 Å². The number of carbonyl (C=O) groups excluding carboxylic acids is 1. The van der Waals surface area contributed by atoms with Gasteiger partial charge in [-0.2, -0.15) is 0 Å². The van der Waals surface area contributed by atoms with Crippen LogP contribution in [0.15, 0.2) is 12.1 Å². The van der Waals surface area contributed by atoms with Gasteiger partial charge in [0, 0.05) is 18.7 Å². The second-order valence-electron chi connectivity index (χ2n) is 5.36. The Bertz CT molecular complexity index is 469. The predicted molar refractivity (Wildman–Crippen MR) is 78.4 cm³/mol. The predicted octanol–water partition coefficient (Wildman–Crippen LogP) is 2.56. The minimum absolute atomic E-state index is 0.0134. The van der Waals surface area contributed by atoms with Crippen molar-refractivity contribution in [2.45, 2.75) is 33.9 Å². The monoisotopic (exact) mass is 277 g/mol. The number of carbonyl (C=O) groups is 1. The Morgan fingerprint density at radius 2 is 1.80 bits per heavy atom. The summed E-state index contributed by atoms with van der Waals surface area (Å²) in [6, 6.07) is 3.80. The fourth-order valence-electron chi connectivity index (χ4n) is 2.53. The van der Waals surface area contributed by atoms with Crippen LogP contribution in [0.2, 0.25) is 0 Å². The van der Waals surface area contributed by atoms with Gasteiger partial charge in [-0.3, -0.25) is 9.69 Å². The Morgan fingerprint density at radius 1 is 1.25 bits per heavy atom. The van der Waals surface area contributed by atoms with Crippen molar-refractivity contribution in [2.24, 2.45) is 0 Å². The van der Waals surface area contributed by atoms with Gasteiger partial charge in [0.15, 0.2) is 5.78 Å². The van der Waals surface area contributed by atoms with Gasteiger partial charge >= 0.3 is 0 Å². The largest absolute Gasteiger partial charge is 0.475 e. The number of hydrogen-bond acceptors (Lipinski definition) is 4. The first kappa shape index (κ1) is 15.0. The van der Waals surface area contributed by atoms with E-state index in [0.717, 1.165) is 48.7 Å². The Balaban J connectivity index is 2.14. The zero-order valence-corrected chi connectivity index (χ0v) is 12.7. The van der Waals surface area contributed by atoms with Crippen LogP contribution < -0.4 is 4.74 Å². The summed E-state index contributed by atoms with van der Waals surface area (Å²) in [7, 11) is 0. The van der Waals surface area contributed by atoms with E-state index in [2.05, 4.69) is 11.8 Å². The third kappa shape index (κ3) is 3.38. The number of ketones is 1. The van der Waals surface area contributed by atoms with Gasteiger partial charge in [-0.15, -0.1) is 0 Å². The molecule has 1 unspecified atom stereocenters. The van der Waals surface area contributed by atoms with E-state index in [0.29, 0.717) is 0 Å². The molecule has 0 aliphatic carbocycles. The van der Waals surface area contributed by atoms with Gasteiger partial charge < -0.3 is 9.47 Å². The Kier molecular flexibility index (Phi) is 4.78. The summed E-state index contributed by atoms with van der Waals surface area (Å²) in [5.74, 6) is 0.970. The third-order valence-electron chi connectivity index (χ3n) is 3.72. The van der Waals surface area contributed by atoms with Gasteiger partial charge in [0.05, 0.1) is 13.2 Å². The minimum atomic E-state index is 0.0134. The minimum Gasteiger partial charge on any atom is -0.475 e. The SMILES string of the molecule is CC(=O)c1cc(C)c(OC(C)N2CCOCC2)c(C)c1. The molecular formula is C16H23NO3. The molecule has 0 N–H and O–H groups in total. The van der Waals surface area contributed by atoms with Crippen LogP contribution in [0.3, 0.4) is 0 Å². The maximum Gasteiger partial charge on any atom is 0.159 e. The number of aryl methyl sites for hydroxylation is 2. The highest BCUT2D eigenvalue weighted by Gasteiger charge is 2.20. The molecule has 0 spiro atoms. The summed E-state index contributed by atoms with van der Waals surface area (Å²) in [5.41, 5.74) is 2.76. The molecule has 2 rings (SSSR count). The van der Waals surface area contributed by atoms with Crippen LogP contribution in [0.4, 0.5) is 0 Å². The number of rotatable bonds is 4. The standard InChI is InChI=1S/C16H23NO3/c1-11-9-15(13(3)18)10-12(2)16(11)20-14(4)17-5-7-19-8-6-17/h9-10,14H,5-8H2,1-4H3. The summed E-state index contributed by atoms with van der Waals surface area (Å²) in [6.45, 7) is 10.9. The molecule has 1 aromatic rings. The zero-order chi connectivity index (χ0) is 14.7. The lowest BCUT2D eigenvalue weighted by atomic mass is 10.0. The highest BCUT2D eigenvalue weighted by atomic mass is 16.5. The molecular weight excluding hydrogens is 254 g/mol. The van der Waals surface area contributed by atoms with Crippen LogP contribution >= 0.6 is 0 Å². The first-order valence-electron chi connectivity index (χ1n) is 7.09. The lowest BCUT2D eigenvalue weighted by Crippen LogP contribution is -2.44. The van der Waals surface area contributed by atoms with Crippen molar-refractivity contribution in [3.05, 3.63) is 28.8 Å². The lowest BCUT2D eigenvalue weighted by Gasteiger charge is -2.33. The molecule has 1 saturated heterocycles. The van der Waals surface area contributed by atoms with Gasteiger partial charge in [-0.25, -0.2) is 0 Å². The molecule has 0 bridgehead atoms. The molecule has 1 atom stereocenters. The van der Waals surface area contributed by atoms with E-state index >= 15 is 0 Å². The van der Waals surface area contributed by atoms with E-state index in [9.17, 15) is 4.79 Å². The first-order valence-corrected chi connectivity index (χ1v) is 7.09. The highest BCUT2D eigenvalue weighted by molar-refractivity contribution is 5.94. The normalized spacial score (nSPS) is 17.8. The van der Waals surface area contributed by atoms with Crippen LogP contribution in [0.25, 0.3) is 0 Å². The Labute approximate surface area is 120 Å². The molecule has 1 aliphatic rings. The average molecular weight is 277 g/mol. The van der Waals surface area contributed by atoms with E-state index in [1.54, 1.807) is 6.92 Å². The molecule has 0 amide bonds. The van der Waals surface area contributed by atoms with Crippen molar-refractivity contribution in [3.63, 3.8) is 0 Å².